The molecule has 7 nitrogen and oxygen atoms in total. The first-order valence-corrected chi connectivity index (χ1v) is 19.1. The van der Waals surface area contributed by atoms with Gasteiger partial charge in [-0.15, -0.1) is 0 Å². The van der Waals surface area contributed by atoms with E-state index in [0.29, 0.717) is 17.7 Å². The first-order chi connectivity index (χ1) is 21.9. The van der Waals surface area contributed by atoms with Gasteiger partial charge in [0.1, 0.15) is 5.75 Å². The van der Waals surface area contributed by atoms with Gasteiger partial charge < -0.3 is 19.3 Å². The van der Waals surface area contributed by atoms with Crippen LogP contribution in [0.25, 0.3) is 0 Å². The molecule has 2 fully saturated rings. The van der Waals surface area contributed by atoms with E-state index in [4.69, 9.17) is 9.32 Å². The van der Waals surface area contributed by atoms with E-state index in [1.807, 2.05) is 13.1 Å². The summed E-state index contributed by atoms with van der Waals surface area (Å²) in [6, 6.07) is 5.02. The van der Waals surface area contributed by atoms with Crippen LogP contribution in [0, 0.1) is 23.2 Å². The first kappa shape index (κ1) is 38.4. The minimum atomic E-state index is -5.49. The van der Waals surface area contributed by atoms with Crippen LogP contribution in [0.1, 0.15) is 94.3 Å². The maximum Gasteiger partial charge on any atom is 0.453 e. The highest BCUT2D eigenvalue weighted by molar-refractivity contribution is 7.99. The van der Waals surface area contributed by atoms with Gasteiger partial charge in [-0.3, -0.25) is 0 Å². The zero-order valence-corrected chi connectivity index (χ0v) is 28.8. The van der Waals surface area contributed by atoms with Crippen LogP contribution in [0.5, 0.6) is 5.75 Å². The molecule has 2 saturated carbocycles. The van der Waals surface area contributed by atoms with Crippen molar-refractivity contribution in [2.75, 3.05) is 31.6 Å². The van der Waals surface area contributed by atoms with Crippen LogP contribution in [0.15, 0.2) is 30.4 Å². The van der Waals surface area contributed by atoms with Gasteiger partial charge in [-0.25, -0.2) is 0 Å². The summed E-state index contributed by atoms with van der Waals surface area (Å²) >= 11 is 1.39. The molecule has 14 heteroatoms. The summed E-state index contributed by atoms with van der Waals surface area (Å²) in [7, 11) is -2.22. The zero-order valence-electron chi connectivity index (χ0n) is 27.2. The lowest BCUT2D eigenvalue weighted by molar-refractivity contribution is -0.284. The van der Waals surface area contributed by atoms with Crippen molar-refractivity contribution in [1.29, 1.82) is 0 Å². The van der Waals surface area contributed by atoms with Gasteiger partial charge in [-0.05, 0) is 135 Å². The van der Waals surface area contributed by atoms with E-state index in [0.717, 1.165) is 69.2 Å². The van der Waals surface area contributed by atoms with E-state index in [-0.39, 0.29) is 47.0 Å². The number of fused-ring (bicyclic) bond motifs is 5. The molecule has 0 radical (unpaired) electrons. The van der Waals surface area contributed by atoms with Gasteiger partial charge in [0.05, 0.1) is 12.2 Å². The smallest absolute Gasteiger partial charge is 0.389 e. The van der Waals surface area contributed by atoms with Crippen LogP contribution in [-0.4, -0.2) is 73.4 Å². The van der Waals surface area contributed by atoms with E-state index >= 15 is 0 Å². The van der Waals surface area contributed by atoms with Gasteiger partial charge in [-0.2, -0.15) is 47.3 Å². The molecule has 7 atom stereocenters. The SMILES string of the molecule is C=C1[C@H](O)CC2C3C(CC[C@]12C)c1ccc(OS(N)(=O)=O)cc1[C@@H](O)[C@H]3CCCCCN(C)CCCSCCCC(F)(F)C(F)(F)F. The highest BCUT2D eigenvalue weighted by Gasteiger charge is 2.58. The Morgan fingerprint density at radius 2 is 1.74 bits per heavy atom. The molecular weight excluding hydrogens is 663 g/mol. The number of aliphatic hydroxyl groups is 2. The van der Waals surface area contributed by atoms with Gasteiger partial charge in [0.15, 0.2) is 0 Å². The number of thioether (sulfide) groups is 1. The normalized spacial score (nSPS) is 29.5. The molecular formula is C33H49F5N2O5S2. The molecule has 3 aliphatic rings. The van der Waals surface area contributed by atoms with Crippen molar-refractivity contribution >= 4 is 22.1 Å². The largest absolute Gasteiger partial charge is 0.453 e. The van der Waals surface area contributed by atoms with E-state index in [9.17, 15) is 40.6 Å². The van der Waals surface area contributed by atoms with Crippen molar-refractivity contribution < 1.29 is 44.8 Å². The lowest BCUT2D eigenvalue weighted by atomic mass is 9.51. The average Bonchev–Trinajstić information content (AvgIpc) is 3.20. The van der Waals surface area contributed by atoms with Crippen LogP contribution < -0.4 is 9.32 Å². The molecule has 0 heterocycles. The predicted octanol–water partition coefficient (Wildman–Crippen LogP) is 6.96. The Labute approximate surface area is 279 Å². The van der Waals surface area contributed by atoms with Gasteiger partial charge in [0, 0.05) is 6.42 Å². The second-order valence-electron chi connectivity index (χ2n) is 13.9. The number of unbranched alkanes of at least 4 members (excludes halogenated alkanes) is 2. The minimum Gasteiger partial charge on any atom is -0.389 e. The van der Waals surface area contributed by atoms with E-state index < -0.39 is 41.0 Å². The molecule has 0 bridgehead atoms. The van der Waals surface area contributed by atoms with Crippen molar-refractivity contribution in [3.63, 3.8) is 0 Å². The summed E-state index contributed by atoms with van der Waals surface area (Å²) in [5.41, 5.74) is 2.34. The Kier molecular flexibility index (Phi) is 12.4. The standard InChI is InChI=1S/C33H49F5N2O5S2/c1-21-28(41)20-27-29-24(12-14-31(21,27)2)23-11-10-22(45-47(39,43)44)19-26(23)30(42)25(29)9-5-4-6-15-40(3)16-8-18-46-17-7-13-32(34,35)33(36,37)38/h10-11,19,24-25,27-30,41-42H,1,4-9,12-18,20H2,2-3H3,(H2,39,43,44)/t24?,25-,27?,28+,29?,30-,31+/m0/s1. The average molecular weight is 713 g/mol. The van der Waals surface area contributed by atoms with Crippen LogP contribution >= 0.6 is 11.8 Å². The fraction of sp³-hybridized carbons (Fsp3) is 0.758. The number of aliphatic hydroxyl groups excluding tert-OH is 2. The fourth-order valence-corrected chi connectivity index (χ4v) is 9.59. The molecule has 3 aliphatic carbocycles. The molecule has 3 unspecified atom stereocenters. The number of nitrogens with zero attached hydrogens (tertiary/aromatic N) is 1. The molecule has 4 rings (SSSR count). The van der Waals surface area contributed by atoms with Crippen LogP contribution in [-0.2, 0) is 10.3 Å². The first-order valence-electron chi connectivity index (χ1n) is 16.5. The zero-order chi connectivity index (χ0) is 34.8. The summed E-state index contributed by atoms with van der Waals surface area (Å²) in [5, 5.41) is 27.7. The van der Waals surface area contributed by atoms with Crippen molar-refractivity contribution in [1.82, 2.24) is 4.90 Å². The highest BCUT2D eigenvalue weighted by Crippen LogP contribution is 2.65. The number of hydrogen-bond acceptors (Lipinski definition) is 7. The summed E-state index contributed by atoms with van der Waals surface area (Å²) in [5.74, 6) is -3.24. The van der Waals surface area contributed by atoms with Crippen molar-refractivity contribution in [3.05, 3.63) is 41.5 Å². The van der Waals surface area contributed by atoms with Crippen LogP contribution in [0.2, 0.25) is 0 Å². The predicted molar refractivity (Wildman–Crippen MR) is 174 cm³/mol. The third-order valence-electron chi connectivity index (χ3n) is 10.8. The van der Waals surface area contributed by atoms with Crippen LogP contribution in [0.4, 0.5) is 22.0 Å². The Morgan fingerprint density at radius 1 is 1.06 bits per heavy atom. The lowest BCUT2D eigenvalue weighted by Crippen LogP contribution is -2.46. The highest BCUT2D eigenvalue weighted by atomic mass is 32.2. The maximum atomic E-state index is 13.0. The molecule has 1 aromatic carbocycles. The molecule has 47 heavy (non-hydrogen) atoms. The number of rotatable bonds is 16. The van der Waals surface area contributed by atoms with E-state index in [1.165, 1.54) is 11.8 Å². The molecule has 268 valence electrons. The maximum absolute atomic E-state index is 13.0. The number of hydrogen-bond donors (Lipinski definition) is 3. The summed E-state index contributed by atoms with van der Waals surface area (Å²) in [6.07, 6.45) is -1.55. The van der Waals surface area contributed by atoms with Gasteiger partial charge in [0.2, 0.25) is 0 Å². The third-order valence-corrected chi connectivity index (χ3v) is 12.4. The second kappa shape index (κ2) is 15.2. The molecule has 4 N–H and O–H groups in total. The van der Waals surface area contributed by atoms with Crippen molar-refractivity contribution in [2.45, 2.75) is 101 Å². The minimum absolute atomic E-state index is 0.0669. The lowest BCUT2D eigenvalue weighted by Gasteiger charge is -2.53. The number of alkyl halides is 5. The molecule has 0 amide bonds. The van der Waals surface area contributed by atoms with Gasteiger partial charge in [0.25, 0.3) is 0 Å². The van der Waals surface area contributed by atoms with Crippen LogP contribution in [0.3, 0.4) is 0 Å². The molecule has 0 aromatic heterocycles. The molecule has 0 spiro atoms. The number of nitrogens with two attached hydrogens (primary N) is 1. The summed E-state index contributed by atoms with van der Waals surface area (Å²) < 4.78 is 90.9. The van der Waals surface area contributed by atoms with E-state index in [1.54, 1.807) is 12.1 Å². The fourth-order valence-electron chi connectivity index (χ4n) is 8.33. The number of halogens is 5. The summed E-state index contributed by atoms with van der Waals surface area (Å²) in [6.45, 7) is 8.09. The van der Waals surface area contributed by atoms with Gasteiger partial charge in [-0.1, -0.05) is 32.4 Å². The monoisotopic (exact) mass is 712 g/mol. The quantitative estimate of drug-likeness (QED) is 0.0965. The summed E-state index contributed by atoms with van der Waals surface area (Å²) in [4.78, 5) is 2.19. The molecule has 0 aliphatic heterocycles. The number of benzene rings is 1. The molecule has 0 saturated heterocycles. The van der Waals surface area contributed by atoms with Gasteiger partial charge >= 0.3 is 22.4 Å². The molecule has 1 aromatic rings. The third kappa shape index (κ3) is 9.02. The van der Waals surface area contributed by atoms with Crippen molar-refractivity contribution in [3.8, 4) is 5.75 Å². The Bertz CT molecular complexity index is 1350. The second-order valence-corrected chi connectivity index (χ2v) is 16.3. The topological polar surface area (TPSA) is 113 Å². The van der Waals surface area contributed by atoms with Crippen molar-refractivity contribution in [2.24, 2.45) is 28.3 Å². The van der Waals surface area contributed by atoms with E-state index in [2.05, 4.69) is 18.4 Å². The Hall–Kier alpha value is -1.45. The Balaban J connectivity index is 1.29. The Morgan fingerprint density at radius 3 is 2.43 bits per heavy atom.